The summed E-state index contributed by atoms with van der Waals surface area (Å²) in [6.45, 7) is 4.18. The van der Waals surface area contributed by atoms with Gasteiger partial charge >= 0.3 is 12.2 Å². The zero-order chi connectivity index (χ0) is 24.1. The number of aryl methyl sites for hydroxylation is 1. The van der Waals surface area contributed by atoms with Gasteiger partial charge in [0.1, 0.15) is 7.05 Å². The minimum atomic E-state index is -0.474. The molecule has 8 heteroatoms. The summed E-state index contributed by atoms with van der Waals surface area (Å²) < 4.78 is 12.2. The van der Waals surface area contributed by atoms with E-state index in [0.717, 1.165) is 32.9 Å². The number of ether oxygens (including phenoxy) is 2. The number of hydrogen-bond donors (Lipinski definition) is 2. The Morgan fingerprint density at radius 2 is 1.37 bits per heavy atom. The van der Waals surface area contributed by atoms with E-state index in [1.165, 1.54) is 0 Å². The zero-order valence-electron chi connectivity index (χ0n) is 19.9. The number of fused-ring (bicyclic) bond motifs is 3. The molecule has 0 atom stereocenters. The molecule has 4 aromatic rings. The van der Waals surface area contributed by atoms with Gasteiger partial charge in [-0.05, 0) is 49.7 Å². The number of nitrogens with one attached hydrogen (secondary N) is 2. The molecule has 0 aliphatic rings. The Kier molecular flexibility index (Phi) is 8.49. The molecule has 0 spiro atoms. The normalized spacial score (nSPS) is 10.5. The molecule has 1 heterocycles. The van der Waals surface area contributed by atoms with E-state index in [1.807, 2.05) is 54.6 Å². The molecule has 7 nitrogen and oxygen atoms in total. The van der Waals surface area contributed by atoms with Crippen molar-refractivity contribution in [2.45, 2.75) is 20.3 Å². The summed E-state index contributed by atoms with van der Waals surface area (Å²) in [4.78, 5) is 23.7. The molecule has 0 bridgehead atoms. The Morgan fingerprint density at radius 1 is 0.771 bits per heavy atom. The highest BCUT2D eigenvalue weighted by Crippen LogP contribution is 2.29. The Morgan fingerprint density at radius 3 is 2.03 bits per heavy atom. The fraction of sp³-hybridized carbons (Fsp3) is 0.222. The summed E-state index contributed by atoms with van der Waals surface area (Å²) in [7, 11) is 2.05. The second-order valence-corrected chi connectivity index (χ2v) is 7.85. The third-order valence-corrected chi connectivity index (χ3v) is 5.66. The molecule has 3 aromatic carbocycles. The topological polar surface area (TPSA) is 80.5 Å². The van der Waals surface area contributed by atoms with Crippen LogP contribution in [0.1, 0.15) is 25.1 Å². The first kappa shape index (κ1) is 25.8. The molecular weight excluding hydrogens is 466 g/mol. The summed E-state index contributed by atoms with van der Waals surface area (Å²) in [5.41, 5.74) is 4.67. The number of halogens is 1. The van der Waals surface area contributed by atoms with E-state index in [0.29, 0.717) is 31.0 Å². The third kappa shape index (κ3) is 5.81. The minimum absolute atomic E-state index is 0. The quantitative estimate of drug-likeness (QED) is 0.319. The Hall–Kier alpha value is -3.84. The number of carbonyl (C=O) groups excluding carboxylic acids is 2. The Labute approximate surface area is 210 Å². The van der Waals surface area contributed by atoms with Crippen LogP contribution in [0.5, 0.6) is 0 Å². The second kappa shape index (κ2) is 11.5. The molecule has 0 unspecified atom stereocenters. The van der Waals surface area contributed by atoms with Crippen molar-refractivity contribution in [2.75, 3.05) is 23.8 Å². The summed E-state index contributed by atoms with van der Waals surface area (Å²) in [6.07, 6.45) is -0.275. The number of nitrogens with zero attached hydrogens (tertiary/aromatic N) is 1. The van der Waals surface area contributed by atoms with Crippen molar-refractivity contribution in [3.63, 3.8) is 0 Å². The number of rotatable bonds is 6. The number of carbonyl (C=O) groups is 2. The first-order valence-electron chi connectivity index (χ1n) is 11.3. The number of amides is 2. The summed E-state index contributed by atoms with van der Waals surface area (Å²) in [5.74, 6) is 0. The van der Waals surface area contributed by atoms with Crippen LogP contribution >= 0.6 is 0 Å². The lowest BCUT2D eigenvalue weighted by molar-refractivity contribution is -0.651. The average molecular weight is 494 g/mol. The highest BCUT2D eigenvalue weighted by atomic mass is 35.5. The van der Waals surface area contributed by atoms with E-state index in [1.54, 1.807) is 13.8 Å². The molecule has 4 rings (SSSR count). The van der Waals surface area contributed by atoms with Crippen molar-refractivity contribution in [1.29, 1.82) is 0 Å². The molecule has 0 fully saturated rings. The van der Waals surface area contributed by atoms with Gasteiger partial charge in [0, 0.05) is 22.8 Å². The van der Waals surface area contributed by atoms with Crippen molar-refractivity contribution >= 4 is 45.2 Å². The fourth-order valence-electron chi connectivity index (χ4n) is 4.10. The van der Waals surface area contributed by atoms with Gasteiger partial charge in [-0.15, -0.1) is 0 Å². The van der Waals surface area contributed by atoms with Crippen LogP contribution in [0.25, 0.3) is 21.7 Å². The maximum absolute atomic E-state index is 12.0. The third-order valence-electron chi connectivity index (χ3n) is 5.66. The van der Waals surface area contributed by atoms with Crippen LogP contribution < -0.4 is 27.6 Å². The van der Waals surface area contributed by atoms with Gasteiger partial charge in [0.25, 0.3) is 0 Å². The molecule has 0 aliphatic carbocycles. The van der Waals surface area contributed by atoms with E-state index < -0.39 is 12.2 Å². The SMILES string of the molecule is CCOC(=O)Nc1ccc(Cc2c3cc(NC(=O)OCC)ccc3c3ccccc3[n+]2C)cc1.[Cl-]. The van der Waals surface area contributed by atoms with Gasteiger partial charge in [0.15, 0.2) is 5.69 Å². The van der Waals surface area contributed by atoms with Crippen LogP contribution in [0, 0.1) is 0 Å². The summed E-state index contributed by atoms with van der Waals surface area (Å²) >= 11 is 0. The number of aromatic nitrogens is 1. The van der Waals surface area contributed by atoms with Gasteiger partial charge in [0.05, 0.1) is 30.4 Å². The fourth-order valence-corrected chi connectivity index (χ4v) is 4.10. The summed E-state index contributed by atoms with van der Waals surface area (Å²) in [6, 6.07) is 21.9. The van der Waals surface area contributed by atoms with Crippen molar-refractivity contribution in [3.05, 3.63) is 78.0 Å². The molecule has 0 aliphatic heterocycles. The van der Waals surface area contributed by atoms with Crippen molar-refractivity contribution in [1.82, 2.24) is 0 Å². The highest BCUT2D eigenvalue weighted by molar-refractivity contribution is 6.06. The Balaban J connectivity index is 0.00000342. The van der Waals surface area contributed by atoms with Gasteiger partial charge < -0.3 is 21.9 Å². The van der Waals surface area contributed by atoms with Crippen LogP contribution in [0.4, 0.5) is 21.0 Å². The molecule has 0 saturated carbocycles. The van der Waals surface area contributed by atoms with E-state index in [-0.39, 0.29) is 12.4 Å². The van der Waals surface area contributed by atoms with E-state index >= 15 is 0 Å². The number of anilines is 2. The first-order valence-corrected chi connectivity index (χ1v) is 11.3. The van der Waals surface area contributed by atoms with Gasteiger partial charge in [-0.1, -0.05) is 30.3 Å². The van der Waals surface area contributed by atoms with E-state index in [4.69, 9.17) is 9.47 Å². The first-order chi connectivity index (χ1) is 16.5. The lowest BCUT2D eigenvalue weighted by Crippen LogP contribution is -3.00. The zero-order valence-corrected chi connectivity index (χ0v) is 20.7. The summed E-state index contributed by atoms with van der Waals surface area (Å²) in [5, 5.41) is 8.82. The second-order valence-electron chi connectivity index (χ2n) is 7.85. The molecule has 35 heavy (non-hydrogen) atoms. The molecule has 182 valence electrons. The number of pyridine rings is 1. The Bertz CT molecular complexity index is 1360. The largest absolute Gasteiger partial charge is 1.00 e. The van der Waals surface area contributed by atoms with Gasteiger partial charge in [0.2, 0.25) is 5.52 Å². The average Bonchev–Trinajstić information content (AvgIpc) is 2.83. The maximum Gasteiger partial charge on any atom is 0.411 e. The monoisotopic (exact) mass is 493 g/mol. The van der Waals surface area contributed by atoms with Crippen molar-refractivity contribution < 1.29 is 36.0 Å². The molecule has 2 N–H and O–H groups in total. The standard InChI is InChI=1S/C27H27N3O4.ClH/c1-4-33-26(31)28-19-12-10-18(11-13-19)16-25-23-17-20(29-27(32)34-5-2)14-15-21(23)22-8-6-7-9-24(22)30(25)3;/h6-15,17H,4-5,16H2,1-3H3,(H-,28,29,31,32);1H. The number of hydrogen-bond acceptors (Lipinski definition) is 4. The number of benzene rings is 3. The molecule has 1 aromatic heterocycles. The lowest BCUT2D eigenvalue weighted by atomic mass is 9.98. The van der Waals surface area contributed by atoms with Crippen molar-refractivity contribution in [3.8, 4) is 0 Å². The lowest BCUT2D eigenvalue weighted by Gasteiger charge is -2.12. The van der Waals surface area contributed by atoms with Crippen LogP contribution in [0.3, 0.4) is 0 Å². The molecule has 0 saturated heterocycles. The van der Waals surface area contributed by atoms with E-state index in [9.17, 15) is 9.59 Å². The van der Waals surface area contributed by atoms with Crippen LogP contribution in [-0.4, -0.2) is 25.4 Å². The molecule has 2 amide bonds. The smallest absolute Gasteiger partial charge is 0.411 e. The van der Waals surface area contributed by atoms with Crippen LogP contribution in [-0.2, 0) is 22.9 Å². The van der Waals surface area contributed by atoms with Crippen molar-refractivity contribution in [2.24, 2.45) is 7.05 Å². The number of para-hydroxylation sites is 1. The van der Waals surface area contributed by atoms with E-state index in [2.05, 4.69) is 34.4 Å². The van der Waals surface area contributed by atoms with Gasteiger partial charge in [-0.3, -0.25) is 10.6 Å². The predicted octanol–water partition coefficient (Wildman–Crippen LogP) is 2.55. The van der Waals surface area contributed by atoms with Crippen LogP contribution in [0.2, 0.25) is 0 Å². The maximum atomic E-state index is 12.0. The molecular formula is C27H28ClN3O4. The predicted molar refractivity (Wildman–Crippen MR) is 133 cm³/mol. The highest BCUT2D eigenvalue weighted by Gasteiger charge is 2.20. The minimum Gasteiger partial charge on any atom is -1.00 e. The van der Waals surface area contributed by atoms with Gasteiger partial charge in [-0.2, -0.15) is 4.57 Å². The van der Waals surface area contributed by atoms with Crippen LogP contribution in [0.15, 0.2) is 66.7 Å². The molecule has 0 radical (unpaired) electrons. The van der Waals surface area contributed by atoms with Gasteiger partial charge in [-0.25, -0.2) is 9.59 Å².